The van der Waals surface area contributed by atoms with Gasteiger partial charge in [-0.25, -0.2) is 4.79 Å². The molecule has 0 aliphatic heterocycles. The van der Waals surface area contributed by atoms with Crippen molar-refractivity contribution >= 4 is 18.4 Å². The Morgan fingerprint density at radius 1 is 1.21 bits per heavy atom. The molecule has 2 unspecified atom stereocenters. The van der Waals surface area contributed by atoms with E-state index in [1.165, 1.54) is 6.08 Å². The summed E-state index contributed by atoms with van der Waals surface area (Å²) in [5.41, 5.74) is -1.34. The van der Waals surface area contributed by atoms with Crippen molar-refractivity contribution in [1.29, 1.82) is 0 Å². The van der Waals surface area contributed by atoms with Crippen LogP contribution < -0.4 is 0 Å². The number of allylic oxidation sites excluding steroid dienone is 1. The lowest BCUT2D eigenvalue weighted by atomic mass is 10.00. The summed E-state index contributed by atoms with van der Waals surface area (Å²) in [6.07, 6.45) is 4.83. The Morgan fingerprint density at radius 3 is 2.38 bits per heavy atom. The van der Waals surface area contributed by atoms with Crippen LogP contribution in [0, 0.1) is 0 Å². The van der Waals surface area contributed by atoms with E-state index < -0.39 is 17.5 Å². The zero-order chi connectivity index (χ0) is 18.6. The van der Waals surface area contributed by atoms with E-state index in [4.69, 9.17) is 9.47 Å². The molecule has 0 bridgehead atoms. The van der Waals surface area contributed by atoms with E-state index in [-0.39, 0.29) is 24.8 Å². The molecular weight excluding hydrogens is 312 g/mol. The lowest BCUT2D eigenvalue weighted by Crippen LogP contribution is -2.43. The number of carbonyl (C=O) groups excluding carboxylic acids is 3. The van der Waals surface area contributed by atoms with E-state index in [0.29, 0.717) is 12.8 Å². The highest BCUT2D eigenvalue weighted by Gasteiger charge is 2.39. The first-order chi connectivity index (χ1) is 11.3. The van der Waals surface area contributed by atoms with Gasteiger partial charge in [-0.15, -0.1) is 0 Å². The van der Waals surface area contributed by atoms with Crippen molar-refractivity contribution in [3.05, 3.63) is 11.8 Å². The maximum atomic E-state index is 12.4. The van der Waals surface area contributed by atoms with Gasteiger partial charge in [0.25, 0.3) is 6.47 Å². The number of carbonyl (C=O) groups is 3. The molecule has 0 amide bonds. The van der Waals surface area contributed by atoms with Gasteiger partial charge in [0, 0.05) is 0 Å². The molecule has 0 aliphatic carbocycles. The second-order valence-corrected chi connectivity index (χ2v) is 5.96. The molecule has 0 heterocycles. The molecule has 0 saturated heterocycles. The van der Waals surface area contributed by atoms with Crippen LogP contribution >= 0.6 is 0 Å². The molecule has 0 aromatic rings. The molecule has 6 nitrogen and oxygen atoms in total. The predicted molar refractivity (Wildman–Crippen MR) is 90.0 cm³/mol. The van der Waals surface area contributed by atoms with E-state index in [2.05, 4.69) is 11.7 Å². The smallest absolute Gasteiger partial charge is 0.350 e. The first kappa shape index (κ1) is 22.1. The van der Waals surface area contributed by atoms with Crippen LogP contribution in [0.15, 0.2) is 11.8 Å². The average molecular weight is 342 g/mol. The number of rotatable bonds is 12. The van der Waals surface area contributed by atoms with Gasteiger partial charge in [-0.1, -0.05) is 33.1 Å². The molecule has 0 fully saturated rings. The van der Waals surface area contributed by atoms with Crippen molar-refractivity contribution in [1.82, 2.24) is 0 Å². The Labute approximate surface area is 144 Å². The van der Waals surface area contributed by atoms with Crippen LogP contribution in [0.5, 0.6) is 0 Å². The van der Waals surface area contributed by atoms with Gasteiger partial charge in [0.1, 0.15) is 12.2 Å². The van der Waals surface area contributed by atoms with Crippen molar-refractivity contribution in [3.8, 4) is 0 Å². The topological polar surface area (TPSA) is 78.9 Å². The van der Waals surface area contributed by atoms with Crippen molar-refractivity contribution in [2.24, 2.45) is 0 Å². The summed E-state index contributed by atoms with van der Waals surface area (Å²) < 4.78 is 15.5. The predicted octanol–water partition coefficient (Wildman–Crippen LogP) is 3.68. The Hall–Kier alpha value is -1.85. The Bertz CT molecular complexity index is 443. The maximum absolute atomic E-state index is 12.4. The summed E-state index contributed by atoms with van der Waals surface area (Å²) in [4.78, 5) is 34.9. The van der Waals surface area contributed by atoms with Crippen LogP contribution in [-0.4, -0.2) is 30.1 Å². The second kappa shape index (κ2) is 11.6. The summed E-state index contributed by atoms with van der Waals surface area (Å²) in [5, 5.41) is 0. The first-order valence-corrected chi connectivity index (χ1v) is 8.51. The normalized spacial score (nSPS) is 15.1. The first-order valence-electron chi connectivity index (χ1n) is 8.51. The van der Waals surface area contributed by atoms with Gasteiger partial charge in [-0.2, -0.15) is 0 Å². The summed E-state index contributed by atoms with van der Waals surface area (Å²) in [6, 6.07) is 0. The summed E-state index contributed by atoms with van der Waals surface area (Å²) in [5.74, 6) is -1.00. The molecule has 138 valence electrons. The molecule has 2 atom stereocenters. The molecule has 0 radical (unpaired) electrons. The maximum Gasteiger partial charge on any atom is 0.350 e. The molecule has 0 rings (SSSR count). The Morgan fingerprint density at radius 2 is 1.88 bits per heavy atom. The highest BCUT2D eigenvalue weighted by atomic mass is 16.6. The van der Waals surface area contributed by atoms with Crippen molar-refractivity contribution < 1.29 is 28.6 Å². The fourth-order valence-electron chi connectivity index (χ4n) is 2.23. The lowest BCUT2D eigenvalue weighted by molar-refractivity contribution is -0.185. The number of unbranched alkanes of at least 4 members (excludes halogenated alkanes) is 1. The third kappa shape index (κ3) is 8.13. The van der Waals surface area contributed by atoms with E-state index in [0.717, 1.165) is 19.3 Å². The van der Waals surface area contributed by atoms with Crippen LogP contribution in [0.25, 0.3) is 0 Å². The zero-order valence-electron chi connectivity index (χ0n) is 15.4. The molecule has 6 heteroatoms. The number of esters is 2. The third-order valence-electron chi connectivity index (χ3n) is 3.61. The largest absolute Gasteiger partial charge is 0.460 e. The van der Waals surface area contributed by atoms with E-state index in [9.17, 15) is 14.4 Å². The van der Waals surface area contributed by atoms with Gasteiger partial charge in [0.05, 0.1) is 6.10 Å². The third-order valence-corrected chi connectivity index (χ3v) is 3.61. The van der Waals surface area contributed by atoms with Crippen LogP contribution in [-0.2, 0) is 28.6 Å². The summed E-state index contributed by atoms with van der Waals surface area (Å²) >= 11 is 0. The Kier molecular flexibility index (Phi) is 10.8. The molecule has 0 spiro atoms. The van der Waals surface area contributed by atoms with Gasteiger partial charge in [-0.3, -0.25) is 9.59 Å². The highest BCUT2D eigenvalue weighted by Crippen LogP contribution is 2.23. The minimum atomic E-state index is -1.34. The zero-order valence-corrected chi connectivity index (χ0v) is 15.4. The second-order valence-electron chi connectivity index (χ2n) is 5.96. The van der Waals surface area contributed by atoms with Gasteiger partial charge < -0.3 is 14.2 Å². The van der Waals surface area contributed by atoms with E-state index in [1.54, 1.807) is 13.8 Å². The number of hydrogen-bond donors (Lipinski definition) is 0. The van der Waals surface area contributed by atoms with Crippen molar-refractivity contribution in [2.45, 2.75) is 84.8 Å². The quantitative estimate of drug-likeness (QED) is 0.233. The summed E-state index contributed by atoms with van der Waals surface area (Å²) in [6.45, 7) is 9.24. The van der Waals surface area contributed by atoms with Crippen LogP contribution in [0.1, 0.15) is 73.1 Å². The molecule has 0 aliphatic rings. The van der Waals surface area contributed by atoms with Crippen molar-refractivity contribution in [2.75, 3.05) is 0 Å². The van der Waals surface area contributed by atoms with E-state index >= 15 is 0 Å². The van der Waals surface area contributed by atoms with Crippen molar-refractivity contribution in [3.63, 3.8) is 0 Å². The molecule has 0 N–H and O–H groups in total. The molecule has 0 saturated carbocycles. The summed E-state index contributed by atoms with van der Waals surface area (Å²) in [7, 11) is 0. The minimum Gasteiger partial charge on any atom is -0.460 e. The fraction of sp³-hybridized carbons (Fsp3) is 0.722. The van der Waals surface area contributed by atoms with Crippen LogP contribution in [0.3, 0.4) is 0 Å². The molecule has 0 aromatic carbocycles. The monoisotopic (exact) mass is 342 g/mol. The van der Waals surface area contributed by atoms with Gasteiger partial charge >= 0.3 is 11.9 Å². The van der Waals surface area contributed by atoms with E-state index in [1.807, 2.05) is 13.8 Å². The minimum absolute atomic E-state index is 0.179. The van der Waals surface area contributed by atoms with Crippen LogP contribution in [0.4, 0.5) is 0 Å². The standard InChI is InChI=1S/C18H30O6/c1-6-9-10-14(4)23-17(21)18(5,11-7-2)24-16(20)12-15(8-3)22-13-19/h8,13-14H,6-7,9-12H2,1-5H3. The van der Waals surface area contributed by atoms with Gasteiger partial charge in [0.2, 0.25) is 5.60 Å². The highest BCUT2D eigenvalue weighted by molar-refractivity contribution is 5.83. The average Bonchev–Trinajstić information content (AvgIpc) is 2.52. The molecule has 24 heavy (non-hydrogen) atoms. The van der Waals surface area contributed by atoms with Gasteiger partial charge in [-0.05, 0) is 39.7 Å². The van der Waals surface area contributed by atoms with Gasteiger partial charge in [0.15, 0.2) is 0 Å². The van der Waals surface area contributed by atoms with Crippen LogP contribution in [0.2, 0.25) is 0 Å². The number of hydrogen-bond acceptors (Lipinski definition) is 6. The number of ether oxygens (including phenoxy) is 3. The lowest BCUT2D eigenvalue weighted by Gasteiger charge is -2.28. The molecule has 0 aromatic heterocycles. The SMILES string of the molecule is CC=C(CC(=O)OC(C)(CCC)C(=O)OC(C)CCCC)OC=O. The Balaban J connectivity index is 4.86. The molecular formula is C18H30O6. The fourth-order valence-corrected chi connectivity index (χ4v) is 2.23.